The zero-order chi connectivity index (χ0) is 9.97. The molecule has 14 heavy (non-hydrogen) atoms. The predicted molar refractivity (Wildman–Crippen MR) is 53.4 cm³/mol. The van der Waals surface area contributed by atoms with E-state index in [4.69, 9.17) is 4.42 Å². The molecule has 1 unspecified atom stereocenters. The molecule has 1 N–H and O–H groups in total. The normalized spacial score (nSPS) is 21.4. The van der Waals surface area contributed by atoms with Crippen molar-refractivity contribution in [2.75, 3.05) is 6.54 Å². The monoisotopic (exact) mass is 193 g/mol. The molecule has 0 saturated carbocycles. The summed E-state index contributed by atoms with van der Waals surface area (Å²) in [5.41, 5.74) is 0. The molecule has 3 heteroatoms. The molecule has 0 aliphatic carbocycles. The van der Waals surface area contributed by atoms with Gasteiger partial charge in [0, 0.05) is 12.5 Å². The number of nitrogens with one attached hydrogen (secondary N) is 1. The fourth-order valence-corrected chi connectivity index (χ4v) is 1.84. The predicted octanol–water partition coefficient (Wildman–Crippen LogP) is 1.91. The molecule has 1 aromatic rings. The van der Waals surface area contributed by atoms with Crippen LogP contribution in [0.5, 0.6) is 0 Å². The van der Waals surface area contributed by atoms with Gasteiger partial charge in [-0.3, -0.25) is 4.79 Å². The average Bonchev–Trinajstić information content (AvgIpc) is 2.75. The largest absolute Gasteiger partial charge is 0.458 e. The Bertz CT molecular complexity index is 324. The maximum Gasteiger partial charge on any atom is 0.199 e. The van der Waals surface area contributed by atoms with Crippen LogP contribution in [0.2, 0.25) is 0 Å². The molecular weight excluding hydrogens is 178 g/mol. The molecule has 0 amide bonds. The molecule has 0 bridgehead atoms. The first-order chi connectivity index (χ1) is 6.75. The van der Waals surface area contributed by atoms with Crippen LogP contribution in [-0.4, -0.2) is 18.4 Å². The number of ketones is 1. The van der Waals surface area contributed by atoms with Gasteiger partial charge in [0.2, 0.25) is 0 Å². The maximum atomic E-state index is 11.7. The summed E-state index contributed by atoms with van der Waals surface area (Å²) in [5, 5.41) is 3.30. The van der Waals surface area contributed by atoms with Crippen LogP contribution in [0, 0.1) is 6.92 Å². The molecule has 2 rings (SSSR count). The zero-order valence-electron chi connectivity index (χ0n) is 8.38. The number of rotatable bonds is 3. The molecule has 1 saturated heterocycles. The Labute approximate surface area is 83.5 Å². The Morgan fingerprint density at radius 3 is 3.07 bits per heavy atom. The Hall–Kier alpha value is -1.09. The number of furan rings is 1. The summed E-state index contributed by atoms with van der Waals surface area (Å²) in [6.45, 7) is 2.89. The summed E-state index contributed by atoms with van der Waals surface area (Å²) >= 11 is 0. The second kappa shape index (κ2) is 3.96. The van der Waals surface area contributed by atoms with E-state index in [9.17, 15) is 4.79 Å². The second-order valence-corrected chi connectivity index (χ2v) is 3.83. The second-order valence-electron chi connectivity index (χ2n) is 3.83. The topological polar surface area (TPSA) is 42.2 Å². The number of carbonyl (C=O) groups is 1. The first kappa shape index (κ1) is 9.46. The van der Waals surface area contributed by atoms with Crippen molar-refractivity contribution >= 4 is 5.78 Å². The van der Waals surface area contributed by atoms with Crippen LogP contribution < -0.4 is 5.32 Å². The van der Waals surface area contributed by atoms with Crippen molar-refractivity contribution in [3.63, 3.8) is 0 Å². The van der Waals surface area contributed by atoms with Crippen molar-refractivity contribution in [1.82, 2.24) is 5.32 Å². The third-order valence-electron chi connectivity index (χ3n) is 2.61. The zero-order valence-corrected chi connectivity index (χ0v) is 8.38. The van der Waals surface area contributed by atoms with Gasteiger partial charge in [0.05, 0.1) is 0 Å². The number of Topliss-reactive ketones (excluding diaryl/α,β-unsaturated/α-hetero) is 1. The summed E-state index contributed by atoms with van der Waals surface area (Å²) in [6.07, 6.45) is 2.84. The van der Waals surface area contributed by atoms with Crippen LogP contribution >= 0.6 is 0 Å². The minimum Gasteiger partial charge on any atom is -0.458 e. The Morgan fingerprint density at radius 1 is 1.64 bits per heavy atom. The molecule has 1 aliphatic heterocycles. The highest BCUT2D eigenvalue weighted by atomic mass is 16.3. The van der Waals surface area contributed by atoms with E-state index >= 15 is 0 Å². The van der Waals surface area contributed by atoms with Gasteiger partial charge < -0.3 is 9.73 Å². The molecular formula is C11H15NO2. The van der Waals surface area contributed by atoms with E-state index in [0.29, 0.717) is 18.2 Å². The van der Waals surface area contributed by atoms with E-state index in [-0.39, 0.29) is 5.78 Å². The third kappa shape index (κ3) is 2.04. The molecule has 0 spiro atoms. The minimum atomic E-state index is 0.109. The number of carbonyl (C=O) groups excluding carboxylic acids is 1. The molecule has 3 nitrogen and oxygen atoms in total. The summed E-state index contributed by atoms with van der Waals surface area (Å²) in [4.78, 5) is 11.7. The molecule has 1 atom stereocenters. The fourth-order valence-electron chi connectivity index (χ4n) is 1.84. The molecule has 76 valence electrons. The smallest absolute Gasteiger partial charge is 0.199 e. The van der Waals surface area contributed by atoms with Crippen molar-refractivity contribution in [3.8, 4) is 0 Å². The molecule has 1 aromatic heterocycles. The Kier molecular flexibility index (Phi) is 2.68. The standard InChI is InChI=1S/C11H15NO2/c1-8-4-5-11(14-8)10(13)7-9-3-2-6-12-9/h4-5,9,12H,2-3,6-7H2,1H3. The lowest BCUT2D eigenvalue weighted by Gasteiger charge is -2.06. The van der Waals surface area contributed by atoms with Crippen molar-refractivity contribution in [3.05, 3.63) is 23.7 Å². The molecule has 2 heterocycles. The van der Waals surface area contributed by atoms with Crippen LogP contribution in [0.15, 0.2) is 16.5 Å². The Balaban J connectivity index is 1.95. The Morgan fingerprint density at radius 2 is 2.50 bits per heavy atom. The van der Waals surface area contributed by atoms with Gasteiger partial charge in [0.25, 0.3) is 0 Å². The lowest BCUT2D eigenvalue weighted by atomic mass is 10.1. The van der Waals surface area contributed by atoms with Crippen LogP contribution in [0.1, 0.15) is 35.6 Å². The van der Waals surface area contributed by atoms with Gasteiger partial charge >= 0.3 is 0 Å². The summed E-state index contributed by atoms with van der Waals surface area (Å²) < 4.78 is 5.28. The minimum absolute atomic E-state index is 0.109. The lowest BCUT2D eigenvalue weighted by Crippen LogP contribution is -2.24. The van der Waals surface area contributed by atoms with E-state index in [1.807, 2.05) is 13.0 Å². The van der Waals surface area contributed by atoms with E-state index < -0.39 is 0 Å². The summed E-state index contributed by atoms with van der Waals surface area (Å²) in [5.74, 6) is 1.40. The number of hydrogen-bond acceptors (Lipinski definition) is 3. The van der Waals surface area contributed by atoms with E-state index in [1.165, 1.54) is 6.42 Å². The van der Waals surface area contributed by atoms with Gasteiger partial charge in [-0.2, -0.15) is 0 Å². The lowest BCUT2D eigenvalue weighted by molar-refractivity contribution is 0.0943. The van der Waals surface area contributed by atoms with Crippen molar-refractivity contribution in [2.45, 2.75) is 32.2 Å². The van der Waals surface area contributed by atoms with Crippen LogP contribution in [0.25, 0.3) is 0 Å². The third-order valence-corrected chi connectivity index (χ3v) is 2.61. The molecule has 0 radical (unpaired) electrons. The highest BCUT2D eigenvalue weighted by Gasteiger charge is 2.20. The summed E-state index contributed by atoms with van der Waals surface area (Å²) in [6, 6.07) is 3.94. The maximum absolute atomic E-state index is 11.7. The molecule has 1 fully saturated rings. The van der Waals surface area contributed by atoms with Crippen molar-refractivity contribution < 1.29 is 9.21 Å². The fraction of sp³-hybridized carbons (Fsp3) is 0.545. The van der Waals surface area contributed by atoms with Gasteiger partial charge in [-0.15, -0.1) is 0 Å². The van der Waals surface area contributed by atoms with Gasteiger partial charge in [-0.05, 0) is 38.4 Å². The molecule has 0 aromatic carbocycles. The van der Waals surface area contributed by atoms with Crippen molar-refractivity contribution in [1.29, 1.82) is 0 Å². The van der Waals surface area contributed by atoms with Crippen LogP contribution in [0.4, 0.5) is 0 Å². The van der Waals surface area contributed by atoms with Crippen molar-refractivity contribution in [2.24, 2.45) is 0 Å². The highest BCUT2D eigenvalue weighted by molar-refractivity contribution is 5.93. The van der Waals surface area contributed by atoms with Gasteiger partial charge in [0.1, 0.15) is 5.76 Å². The average molecular weight is 193 g/mol. The molecule has 1 aliphatic rings. The first-order valence-electron chi connectivity index (χ1n) is 5.09. The van der Waals surface area contributed by atoms with Gasteiger partial charge in [0.15, 0.2) is 11.5 Å². The number of aryl methyl sites for hydroxylation is 1. The van der Waals surface area contributed by atoms with Crippen LogP contribution in [-0.2, 0) is 0 Å². The van der Waals surface area contributed by atoms with E-state index in [2.05, 4.69) is 5.32 Å². The number of hydrogen-bond donors (Lipinski definition) is 1. The van der Waals surface area contributed by atoms with Gasteiger partial charge in [-0.25, -0.2) is 0 Å². The summed E-state index contributed by atoms with van der Waals surface area (Å²) in [7, 11) is 0. The quantitative estimate of drug-likeness (QED) is 0.746. The van der Waals surface area contributed by atoms with E-state index in [0.717, 1.165) is 18.7 Å². The SMILES string of the molecule is Cc1ccc(C(=O)CC2CCCN2)o1. The van der Waals surface area contributed by atoms with Crippen LogP contribution in [0.3, 0.4) is 0 Å². The van der Waals surface area contributed by atoms with E-state index in [1.54, 1.807) is 6.07 Å². The van der Waals surface area contributed by atoms with Gasteiger partial charge in [-0.1, -0.05) is 0 Å². The first-order valence-corrected chi connectivity index (χ1v) is 5.09. The highest BCUT2D eigenvalue weighted by Crippen LogP contribution is 2.14.